The maximum Gasteiger partial charge on any atom is 0.317 e. The highest BCUT2D eigenvalue weighted by Crippen LogP contribution is 2.09. The predicted octanol–water partition coefficient (Wildman–Crippen LogP) is -0.507. The second-order valence-corrected chi connectivity index (χ2v) is 6.95. The number of rotatable bonds is 7. The summed E-state index contributed by atoms with van der Waals surface area (Å²) in [6.45, 7) is 7.39. The second kappa shape index (κ2) is 12.3. The highest BCUT2D eigenvalue weighted by atomic mass is 16.5. The molecule has 0 bridgehead atoms. The van der Waals surface area contributed by atoms with Crippen LogP contribution >= 0.6 is 0 Å². The Hall–Kier alpha value is -2.20. The lowest BCUT2D eigenvalue weighted by Gasteiger charge is -2.30. The Labute approximate surface area is 166 Å². The first-order valence-electron chi connectivity index (χ1n) is 9.56. The van der Waals surface area contributed by atoms with Crippen molar-refractivity contribution >= 4 is 18.1 Å². The van der Waals surface area contributed by atoms with E-state index in [1.54, 1.807) is 0 Å². The Kier molecular flexibility index (Phi) is 9.70. The van der Waals surface area contributed by atoms with Gasteiger partial charge in [-0.15, -0.1) is 0 Å². The lowest BCUT2D eigenvalue weighted by Crippen LogP contribution is -2.46. The van der Waals surface area contributed by atoms with Crippen molar-refractivity contribution in [3.05, 3.63) is 29.8 Å². The van der Waals surface area contributed by atoms with Crippen molar-refractivity contribution in [3.8, 4) is 0 Å². The molecular formula is C19H31N5O4. The molecule has 2 rings (SSSR count). The molecule has 0 radical (unpaired) electrons. The number of hydrogen-bond donors (Lipinski definition) is 3. The van der Waals surface area contributed by atoms with Crippen LogP contribution < -0.4 is 11.1 Å². The van der Waals surface area contributed by atoms with Crippen LogP contribution in [0.2, 0.25) is 0 Å². The Morgan fingerprint density at radius 3 is 2.29 bits per heavy atom. The standard InChI is InChI=1S/C19H31N5O4/c20-18-3-1-17(2-4-18)13-23-10-9-22(14-19(26)27)7-5-21-6-8-24(12-11-23)15-28-16-25/h1-4,16,21H,5-15,20H2,(H,26,27). The largest absolute Gasteiger partial charge is 0.480 e. The van der Waals surface area contributed by atoms with Crippen LogP contribution in [0.3, 0.4) is 0 Å². The van der Waals surface area contributed by atoms with Crippen molar-refractivity contribution in [2.24, 2.45) is 0 Å². The van der Waals surface area contributed by atoms with Crippen molar-refractivity contribution in [1.82, 2.24) is 20.0 Å². The number of carbonyl (C=O) groups is 2. The summed E-state index contributed by atoms with van der Waals surface area (Å²) in [7, 11) is 0. The fourth-order valence-electron chi connectivity index (χ4n) is 3.15. The van der Waals surface area contributed by atoms with E-state index < -0.39 is 5.97 Å². The fraction of sp³-hybridized carbons (Fsp3) is 0.579. The first kappa shape index (κ1) is 22.1. The molecule has 1 aromatic rings. The summed E-state index contributed by atoms with van der Waals surface area (Å²) in [6, 6.07) is 7.80. The molecule has 9 heteroatoms. The Morgan fingerprint density at radius 2 is 1.64 bits per heavy atom. The van der Waals surface area contributed by atoms with Crippen LogP contribution in [-0.2, 0) is 20.9 Å². The van der Waals surface area contributed by atoms with Crippen molar-refractivity contribution < 1.29 is 19.4 Å². The number of carbonyl (C=O) groups excluding carboxylic acids is 1. The zero-order valence-corrected chi connectivity index (χ0v) is 16.3. The third-order valence-electron chi connectivity index (χ3n) is 4.74. The Bertz CT molecular complexity index is 598. The second-order valence-electron chi connectivity index (χ2n) is 6.95. The van der Waals surface area contributed by atoms with Gasteiger partial charge in [-0.3, -0.25) is 24.3 Å². The number of nitrogens with zero attached hydrogens (tertiary/aromatic N) is 3. The Balaban J connectivity index is 2.03. The summed E-state index contributed by atoms with van der Waals surface area (Å²) < 4.78 is 4.94. The molecule has 0 spiro atoms. The number of carboxylic acid groups (broad SMARTS) is 1. The molecule has 1 aromatic carbocycles. The lowest BCUT2D eigenvalue weighted by atomic mass is 10.2. The van der Waals surface area contributed by atoms with Gasteiger partial charge in [0.15, 0.2) is 0 Å². The van der Waals surface area contributed by atoms with E-state index >= 15 is 0 Å². The molecule has 0 aliphatic carbocycles. The molecule has 0 saturated carbocycles. The maximum atomic E-state index is 11.2. The van der Waals surface area contributed by atoms with Gasteiger partial charge in [0.05, 0.1) is 6.54 Å². The van der Waals surface area contributed by atoms with Crippen LogP contribution in [0.15, 0.2) is 24.3 Å². The lowest BCUT2D eigenvalue weighted by molar-refractivity contribution is -0.138. The number of benzene rings is 1. The Morgan fingerprint density at radius 1 is 1.04 bits per heavy atom. The zero-order valence-electron chi connectivity index (χ0n) is 16.3. The van der Waals surface area contributed by atoms with Gasteiger partial charge in [0.1, 0.15) is 6.73 Å². The minimum Gasteiger partial charge on any atom is -0.480 e. The number of ether oxygens (including phenoxy) is 1. The quantitative estimate of drug-likeness (QED) is 0.417. The molecule has 0 atom stereocenters. The van der Waals surface area contributed by atoms with Crippen LogP contribution in [0.25, 0.3) is 0 Å². The van der Waals surface area contributed by atoms with Crippen LogP contribution in [0.5, 0.6) is 0 Å². The smallest absolute Gasteiger partial charge is 0.317 e. The minimum absolute atomic E-state index is 0.0384. The molecule has 1 aliphatic heterocycles. The monoisotopic (exact) mass is 393 g/mol. The summed E-state index contributed by atoms with van der Waals surface area (Å²) in [5.74, 6) is -0.811. The third kappa shape index (κ3) is 8.66. The average molecular weight is 393 g/mol. The molecular weight excluding hydrogens is 362 g/mol. The van der Waals surface area contributed by atoms with Crippen LogP contribution in [0, 0.1) is 0 Å². The van der Waals surface area contributed by atoms with Gasteiger partial charge in [-0.25, -0.2) is 0 Å². The fourth-order valence-corrected chi connectivity index (χ4v) is 3.15. The van der Waals surface area contributed by atoms with Crippen molar-refractivity contribution in [3.63, 3.8) is 0 Å². The highest BCUT2D eigenvalue weighted by molar-refractivity contribution is 5.69. The molecule has 4 N–H and O–H groups in total. The van der Waals surface area contributed by atoms with E-state index in [1.165, 1.54) is 0 Å². The van der Waals surface area contributed by atoms with Gasteiger partial charge in [0.25, 0.3) is 6.47 Å². The topological polar surface area (TPSA) is 111 Å². The predicted molar refractivity (Wildman–Crippen MR) is 107 cm³/mol. The van der Waals surface area contributed by atoms with E-state index in [-0.39, 0.29) is 13.3 Å². The normalized spacial score (nSPS) is 18.7. The van der Waals surface area contributed by atoms with Crippen LogP contribution in [0.1, 0.15) is 5.56 Å². The van der Waals surface area contributed by atoms with Gasteiger partial charge < -0.3 is 20.9 Å². The number of nitrogens with one attached hydrogen (secondary N) is 1. The van der Waals surface area contributed by atoms with Crippen molar-refractivity contribution in [2.75, 3.05) is 71.4 Å². The molecule has 0 unspecified atom stereocenters. The van der Waals surface area contributed by atoms with Gasteiger partial charge >= 0.3 is 5.97 Å². The molecule has 156 valence electrons. The molecule has 9 nitrogen and oxygen atoms in total. The van der Waals surface area contributed by atoms with Gasteiger partial charge in [0, 0.05) is 64.6 Å². The van der Waals surface area contributed by atoms with Crippen LogP contribution in [0.4, 0.5) is 5.69 Å². The summed E-state index contributed by atoms with van der Waals surface area (Å²) in [5, 5.41) is 12.5. The highest BCUT2D eigenvalue weighted by Gasteiger charge is 2.15. The van der Waals surface area contributed by atoms with E-state index in [1.807, 2.05) is 29.2 Å². The SMILES string of the molecule is Nc1ccc(CN2CCN(COC=O)CCNCCN(CC(=O)O)CC2)cc1. The molecule has 1 aliphatic rings. The molecule has 1 fully saturated rings. The van der Waals surface area contributed by atoms with E-state index in [2.05, 4.69) is 15.1 Å². The van der Waals surface area contributed by atoms with Gasteiger partial charge in [0.2, 0.25) is 0 Å². The molecule has 1 heterocycles. The van der Waals surface area contributed by atoms with E-state index in [0.29, 0.717) is 26.1 Å². The molecule has 0 aromatic heterocycles. The first-order valence-corrected chi connectivity index (χ1v) is 9.56. The summed E-state index contributed by atoms with van der Waals surface area (Å²) in [6.07, 6.45) is 0. The number of nitrogen functional groups attached to an aromatic ring is 1. The number of anilines is 1. The molecule has 28 heavy (non-hydrogen) atoms. The van der Waals surface area contributed by atoms with Gasteiger partial charge in [-0.05, 0) is 17.7 Å². The number of aliphatic carboxylic acids is 1. The molecule has 1 saturated heterocycles. The van der Waals surface area contributed by atoms with Crippen LogP contribution in [-0.4, -0.2) is 97.9 Å². The molecule has 0 amide bonds. The van der Waals surface area contributed by atoms with E-state index in [0.717, 1.165) is 50.5 Å². The average Bonchev–Trinajstić information content (AvgIpc) is 2.66. The third-order valence-corrected chi connectivity index (χ3v) is 4.74. The summed E-state index contributed by atoms with van der Waals surface area (Å²) in [5.41, 5.74) is 7.66. The first-order chi connectivity index (χ1) is 13.6. The number of carboxylic acids is 1. The summed E-state index contributed by atoms with van der Waals surface area (Å²) >= 11 is 0. The summed E-state index contributed by atoms with van der Waals surface area (Å²) in [4.78, 5) is 28.0. The van der Waals surface area contributed by atoms with Crippen molar-refractivity contribution in [1.29, 1.82) is 0 Å². The number of hydrogen-bond acceptors (Lipinski definition) is 8. The van der Waals surface area contributed by atoms with Gasteiger partial charge in [-0.2, -0.15) is 0 Å². The van der Waals surface area contributed by atoms with Crippen molar-refractivity contribution in [2.45, 2.75) is 6.54 Å². The zero-order chi connectivity index (χ0) is 20.2. The minimum atomic E-state index is -0.811. The maximum absolute atomic E-state index is 11.2. The van der Waals surface area contributed by atoms with E-state index in [4.69, 9.17) is 15.6 Å². The van der Waals surface area contributed by atoms with Gasteiger partial charge in [-0.1, -0.05) is 12.1 Å². The van der Waals surface area contributed by atoms with E-state index in [9.17, 15) is 9.59 Å². The number of nitrogens with two attached hydrogens (primary N) is 1.